The average Bonchev–Trinajstić information content (AvgIpc) is 2.52. The minimum Gasteiger partial charge on any atom is -0.381 e. The summed E-state index contributed by atoms with van der Waals surface area (Å²) in [6.45, 7) is 7.18. The van der Waals surface area contributed by atoms with E-state index in [0.29, 0.717) is 12.5 Å². The highest BCUT2D eigenvalue weighted by molar-refractivity contribution is 5.89. The van der Waals surface area contributed by atoms with E-state index in [1.54, 1.807) is 0 Å². The fourth-order valence-corrected chi connectivity index (χ4v) is 4.39. The third kappa shape index (κ3) is 2.66. The number of rotatable bonds is 3. The van der Waals surface area contributed by atoms with Gasteiger partial charge >= 0.3 is 0 Å². The Bertz CT molecular complexity index is 412. The Morgan fingerprint density at radius 1 is 1.27 bits per heavy atom. The number of hydrogen-bond donors (Lipinski definition) is 2. The van der Waals surface area contributed by atoms with Crippen LogP contribution in [0.4, 0.5) is 0 Å². The van der Waals surface area contributed by atoms with Crippen LogP contribution in [0.3, 0.4) is 0 Å². The van der Waals surface area contributed by atoms with Crippen LogP contribution >= 0.6 is 12.4 Å². The molecule has 3 fully saturated rings. The molecule has 1 aliphatic carbocycles. The molecule has 4 unspecified atom stereocenters. The lowest BCUT2D eigenvalue weighted by atomic mass is 9.46. The number of carbonyl (C=O) groups excluding carboxylic acids is 1. The number of carbonyl (C=O) groups is 1. The van der Waals surface area contributed by atoms with Crippen LogP contribution in [0.5, 0.6) is 0 Å². The third-order valence-corrected chi connectivity index (χ3v) is 5.87. The van der Waals surface area contributed by atoms with Gasteiger partial charge in [-0.25, -0.2) is 0 Å². The molecule has 128 valence electrons. The summed E-state index contributed by atoms with van der Waals surface area (Å²) in [6, 6.07) is 0. The van der Waals surface area contributed by atoms with Crippen molar-refractivity contribution in [1.82, 2.24) is 5.32 Å². The largest absolute Gasteiger partial charge is 0.381 e. The van der Waals surface area contributed by atoms with Crippen molar-refractivity contribution in [3.63, 3.8) is 0 Å². The van der Waals surface area contributed by atoms with Gasteiger partial charge in [-0.1, -0.05) is 13.8 Å². The summed E-state index contributed by atoms with van der Waals surface area (Å²) in [5.74, 6) is 0.571. The second kappa shape index (κ2) is 6.63. The zero-order valence-electron chi connectivity index (χ0n) is 13.6. The lowest BCUT2D eigenvalue weighted by Gasteiger charge is -2.65. The van der Waals surface area contributed by atoms with Gasteiger partial charge in [-0.05, 0) is 31.6 Å². The predicted molar refractivity (Wildman–Crippen MR) is 87.0 cm³/mol. The van der Waals surface area contributed by atoms with Gasteiger partial charge < -0.3 is 20.5 Å². The van der Waals surface area contributed by atoms with Crippen LogP contribution in [0.25, 0.3) is 0 Å². The lowest BCUT2D eigenvalue weighted by Crippen LogP contribution is -2.82. The summed E-state index contributed by atoms with van der Waals surface area (Å²) in [5, 5.41) is 3.08. The molecule has 2 saturated heterocycles. The Labute approximate surface area is 139 Å². The molecule has 0 aromatic heterocycles. The molecule has 1 saturated carbocycles. The van der Waals surface area contributed by atoms with Gasteiger partial charge in [0.05, 0.1) is 12.7 Å². The monoisotopic (exact) mass is 332 g/mol. The molecular formula is C16H29ClN2O3. The van der Waals surface area contributed by atoms with Crippen LogP contribution in [0.15, 0.2) is 0 Å². The van der Waals surface area contributed by atoms with Crippen LogP contribution < -0.4 is 11.1 Å². The van der Waals surface area contributed by atoms with Crippen molar-refractivity contribution in [2.24, 2.45) is 23.0 Å². The van der Waals surface area contributed by atoms with Gasteiger partial charge in [-0.3, -0.25) is 4.79 Å². The van der Waals surface area contributed by atoms with Crippen molar-refractivity contribution >= 4 is 18.3 Å². The van der Waals surface area contributed by atoms with Crippen LogP contribution in [-0.4, -0.2) is 43.9 Å². The van der Waals surface area contributed by atoms with Crippen molar-refractivity contribution in [2.45, 2.75) is 51.2 Å². The highest BCUT2D eigenvalue weighted by Crippen LogP contribution is 2.57. The third-order valence-electron chi connectivity index (χ3n) is 5.87. The Morgan fingerprint density at radius 3 is 2.68 bits per heavy atom. The lowest BCUT2D eigenvalue weighted by molar-refractivity contribution is -0.225. The molecule has 0 aromatic rings. The first-order valence-corrected chi connectivity index (χ1v) is 8.24. The maximum atomic E-state index is 12.7. The van der Waals surface area contributed by atoms with Crippen molar-refractivity contribution in [2.75, 3.05) is 26.4 Å². The second-order valence-electron chi connectivity index (χ2n) is 7.42. The molecule has 0 spiro atoms. The zero-order chi connectivity index (χ0) is 15.1. The molecule has 2 heterocycles. The minimum atomic E-state index is -0.798. The van der Waals surface area contributed by atoms with Gasteiger partial charge in [-0.15, -0.1) is 12.4 Å². The van der Waals surface area contributed by atoms with E-state index in [0.717, 1.165) is 45.5 Å². The van der Waals surface area contributed by atoms with E-state index >= 15 is 0 Å². The van der Waals surface area contributed by atoms with Crippen molar-refractivity contribution in [3.8, 4) is 0 Å². The number of ether oxygens (including phenoxy) is 2. The van der Waals surface area contributed by atoms with Crippen LogP contribution in [0.1, 0.15) is 39.5 Å². The first-order chi connectivity index (χ1) is 9.98. The number of hydrogen-bond acceptors (Lipinski definition) is 4. The Balaban J connectivity index is 0.00000176. The first kappa shape index (κ1) is 18.0. The fraction of sp³-hybridized carbons (Fsp3) is 0.938. The van der Waals surface area contributed by atoms with Crippen molar-refractivity contribution in [3.05, 3.63) is 0 Å². The van der Waals surface area contributed by atoms with E-state index in [9.17, 15) is 4.79 Å². The maximum Gasteiger partial charge on any atom is 0.241 e. The predicted octanol–water partition coefficient (Wildman–Crippen LogP) is 1.48. The van der Waals surface area contributed by atoms with Gasteiger partial charge in [0.2, 0.25) is 5.91 Å². The summed E-state index contributed by atoms with van der Waals surface area (Å²) >= 11 is 0. The standard InChI is InChI=1S/C16H28N2O3.ClH/c1-15(2)13-12(6-4-8-21-13)16(15,17)14(19)18-9-11-5-3-7-20-10-11;/h11-13H,3-10,17H2,1-2H3,(H,18,19);1H. The molecule has 1 amide bonds. The fourth-order valence-electron chi connectivity index (χ4n) is 4.39. The maximum absolute atomic E-state index is 12.7. The van der Waals surface area contributed by atoms with Gasteiger partial charge in [-0.2, -0.15) is 0 Å². The van der Waals surface area contributed by atoms with Crippen LogP contribution in [0, 0.1) is 17.3 Å². The Hall–Kier alpha value is -0.360. The summed E-state index contributed by atoms with van der Waals surface area (Å²) < 4.78 is 11.3. The Kier molecular flexibility index (Phi) is 5.42. The number of halogens is 1. The average molecular weight is 333 g/mol. The Morgan fingerprint density at radius 2 is 2.00 bits per heavy atom. The molecule has 0 aromatic carbocycles. The molecular weight excluding hydrogens is 304 g/mol. The molecule has 3 aliphatic rings. The molecule has 22 heavy (non-hydrogen) atoms. The summed E-state index contributed by atoms with van der Waals surface area (Å²) in [6.07, 6.45) is 4.32. The molecule has 4 atom stereocenters. The summed E-state index contributed by atoms with van der Waals surface area (Å²) in [7, 11) is 0. The summed E-state index contributed by atoms with van der Waals surface area (Å²) in [5.41, 5.74) is 5.47. The van der Waals surface area contributed by atoms with E-state index in [4.69, 9.17) is 15.2 Å². The first-order valence-electron chi connectivity index (χ1n) is 8.24. The van der Waals surface area contributed by atoms with Crippen molar-refractivity contribution < 1.29 is 14.3 Å². The van der Waals surface area contributed by atoms with E-state index < -0.39 is 5.54 Å². The van der Waals surface area contributed by atoms with Crippen molar-refractivity contribution in [1.29, 1.82) is 0 Å². The molecule has 2 aliphatic heterocycles. The van der Waals surface area contributed by atoms with E-state index in [1.165, 1.54) is 0 Å². The minimum absolute atomic E-state index is 0. The summed E-state index contributed by atoms with van der Waals surface area (Å²) in [4.78, 5) is 12.7. The number of nitrogens with two attached hydrogens (primary N) is 1. The van der Waals surface area contributed by atoms with E-state index in [1.807, 2.05) is 0 Å². The zero-order valence-corrected chi connectivity index (χ0v) is 14.4. The quantitative estimate of drug-likeness (QED) is 0.821. The smallest absolute Gasteiger partial charge is 0.241 e. The highest BCUT2D eigenvalue weighted by Gasteiger charge is 2.70. The van der Waals surface area contributed by atoms with Crippen LogP contribution in [-0.2, 0) is 14.3 Å². The van der Waals surface area contributed by atoms with Gasteiger partial charge in [0.1, 0.15) is 5.54 Å². The SMILES string of the molecule is CC1(C)C2OCCCC2C1(N)C(=O)NCC1CCCOC1.Cl. The molecule has 5 nitrogen and oxygen atoms in total. The topological polar surface area (TPSA) is 73.6 Å². The van der Waals surface area contributed by atoms with Gasteiger partial charge in [0.25, 0.3) is 0 Å². The number of amides is 1. The molecule has 3 N–H and O–H groups in total. The van der Waals surface area contributed by atoms with Gasteiger partial charge in [0.15, 0.2) is 0 Å². The number of fused-ring (bicyclic) bond motifs is 1. The molecule has 0 radical (unpaired) electrons. The highest BCUT2D eigenvalue weighted by atomic mass is 35.5. The molecule has 3 rings (SSSR count). The van der Waals surface area contributed by atoms with E-state index in [2.05, 4.69) is 19.2 Å². The van der Waals surface area contributed by atoms with E-state index in [-0.39, 0.29) is 35.8 Å². The van der Waals surface area contributed by atoms with Crippen LogP contribution in [0.2, 0.25) is 0 Å². The normalized spacial score (nSPS) is 39.9. The molecule has 0 bridgehead atoms. The van der Waals surface area contributed by atoms with Gasteiger partial charge in [0, 0.05) is 31.1 Å². The molecule has 6 heteroatoms. The second-order valence-corrected chi connectivity index (χ2v) is 7.42. The number of nitrogens with one attached hydrogen (secondary N) is 1.